The van der Waals surface area contributed by atoms with Gasteiger partial charge in [-0.05, 0) is 31.0 Å². The highest BCUT2D eigenvalue weighted by Gasteiger charge is 2.34. The number of morpholine rings is 1. The Morgan fingerprint density at radius 1 is 1.22 bits per heavy atom. The second-order valence-electron chi connectivity index (χ2n) is 5.76. The zero-order valence-electron chi connectivity index (χ0n) is 12.7. The zero-order valence-corrected chi connectivity index (χ0v) is 12.7. The van der Waals surface area contributed by atoms with Gasteiger partial charge in [-0.2, -0.15) is 0 Å². The number of carboxylic acid groups (broad SMARTS) is 1. The fourth-order valence-electron chi connectivity index (χ4n) is 3.13. The van der Waals surface area contributed by atoms with Crippen molar-refractivity contribution in [1.82, 2.24) is 4.90 Å². The molecule has 2 saturated heterocycles. The van der Waals surface area contributed by atoms with Gasteiger partial charge in [0.05, 0.1) is 18.9 Å². The van der Waals surface area contributed by atoms with Crippen molar-refractivity contribution in [2.75, 3.05) is 37.7 Å². The summed E-state index contributed by atoms with van der Waals surface area (Å²) >= 11 is 0. The number of nitrogens with zero attached hydrogens (tertiary/aromatic N) is 2. The maximum Gasteiger partial charge on any atom is 0.326 e. The van der Waals surface area contributed by atoms with Gasteiger partial charge in [0.25, 0.3) is 5.91 Å². The number of ether oxygens (including phenoxy) is 1. The molecule has 1 aromatic rings. The van der Waals surface area contributed by atoms with E-state index >= 15 is 0 Å². The first-order chi connectivity index (χ1) is 11.1. The van der Waals surface area contributed by atoms with Gasteiger partial charge < -0.3 is 19.6 Å². The van der Waals surface area contributed by atoms with Crippen LogP contribution in [0, 0.1) is 5.82 Å². The quantitative estimate of drug-likeness (QED) is 0.910. The minimum Gasteiger partial charge on any atom is -0.480 e. The van der Waals surface area contributed by atoms with E-state index in [1.165, 1.54) is 11.0 Å². The lowest BCUT2D eigenvalue weighted by Crippen LogP contribution is -2.40. The van der Waals surface area contributed by atoms with Gasteiger partial charge in [0.2, 0.25) is 0 Å². The van der Waals surface area contributed by atoms with Crippen LogP contribution in [0.4, 0.5) is 10.1 Å². The van der Waals surface area contributed by atoms with Gasteiger partial charge in [-0.1, -0.05) is 0 Å². The van der Waals surface area contributed by atoms with E-state index in [0.29, 0.717) is 51.4 Å². The van der Waals surface area contributed by atoms with E-state index in [2.05, 4.69) is 0 Å². The monoisotopic (exact) mass is 322 g/mol. The molecule has 0 spiro atoms. The Balaban J connectivity index is 1.79. The smallest absolute Gasteiger partial charge is 0.326 e. The van der Waals surface area contributed by atoms with Gasteiger partial charge in [-0.15, -0.1) is 0 Å². The van der Waals surface area contributed by atoms with E-state index in [4.69, 9.17) is 9.84 Å². The Morgan fingerprint density at radius 3 is 2.61 bits per heavy atom. The highest BCUT2D eigenvalue weighted by Crippen LogP contribution is 2.25. The van der Waals surface area contributed by atoms with E-state index < -0.39 is 23.7 Å². The molecule has 3 rings (SSSR count). The van der Waals surface area contributed by atoms with Crippen molar-refractivity contribution in [1.29, 1.82) is 0 Å². The number of carbonyl (C=O) groups is 2. The first-order valence-corrected chi connectivity index (χ1v) is 7.74. The Hall–Kier alpha value is -2.15. The summed E-state index contributed by atoms with van der Waals surface area (Å²) in [6.45, 7) is 2.71. The number of anilines is 1. The number of hydrogen-bond acceptors (Lipinski definition) is 4. The normalized spacial score (nSPS) is 21.5. The molecule has 6 nitrogen and oxygen atoms in total. The number of aliphatic carboxylic acids is 1. The van der Waals surface area contributed by atoms with Crippen LogP contribution in [0.1, 0.15) is 23.2 Å². The van der Waals surface area contributed by atoms with Crippen molar-refractivity contribution in [3.63, 3.8) is 0 Å². The summed E-state index contributed by atoms with van der Waals surface area (Å²) in [4.78, 5) is 26.8. The molecular weight excluding hydrogens is 303 g/mol. The molecule has 2 heterocycles. The van der Waals surface area contributed by atoms with E-state index in [0.717, 1.165) is 0 Å². The summed E-state index contributed by atoms with van der Waals surface area (Å²) in [5.41, 5.74) is 0.633. The number of likely N-dealkylation sites (tertiary alicyclic amines) is 1. The van der Waals surface area contributed by atoms with Gasteiger partial charge in [0, 0.05) is 25.2 Å². The van der Waals surface area contributed by atoms with Crippen molar-refractivity contribution >= 4 is 17.6 Å². The van der Waals surface area contributed by atoms with E-state index in [1.54, 1.807) is 12.1 Å². The summed E-state index contributed by atoms with van der Waals surface area (Å²) in [7, 11) is 0. The third-order valence-corrected chi connectivity index (χ3v) is 4.35. The number of carboxylic acids is 1. The number of carbonyl (C=O) groups excluding carboxylic acids is 1. The fourth-order valence-corrected chi connectivity index (χ4v) is 3.13. The van der Waals surface area contributed by atoms with Gasteiger partial charge in [-0.3, -0.25) is 4.79 Å². The average molecular weight is 322 g/mol. The molecule has 1 aromatic carbocycles. The predicted octanol–water partition coefficient (Wildman–Crippen LogP) is 1.35. The summed E-state index contributed by atoms with van der Waals surface area (Å²) in [5.74, 6) is -1.91. The maximum absolute atomic E-state index is 14.4. The minimum absolute atomic E-state index is 0.188. The number of benzene rings is 1. The summed E-state index contributed by atoms with van der Waals surface area (Å²) < 4.78 is 19.6. The fraction of sp³-hybridized carbons (Fsp3) is 0.500. The van der Waals surface area contributed by atoms with Gasteiger partial charge >= 0.3 is 5.97 Å². The maximum atomic E-state index is 14.4. The third-order valence-electron chi connectivity index (χ3n) is 4.35. The van der Waals surface area contributed by atoms with Crippen molar-refractivity contribution in [3.8, 4) is 0 Å². The van der Waals surface area contributed by atoms with Crippen molar-refractivity contribution < 1.29 is 23.8 Å². The highest BCUT2D eigenvalue weighted by molar-refractivity contribution is 5.97. The predicted molar refractivity (Wildman–Crippen MR) is 81.1 cm³/mol. The summed E-state index contributed by atoms with van der Waals surface area (Å²) in [6, 6.07) is 3.53. The van der Waals surface area contributed by atoms with Crippen LogP contribution < -0.4 is 4.90 Å². The standard InChI is InChI=1S/C16H19FN2O4/c17-12-10-11(3-4-13(12)18-6-8-23-9-7-18)15(20)19-5-1-2-14(19)16(21)22/h3-4,10,14H,1-2,5-9H2,(H,21,22)/t14-/m1/s1. The second kappa shape index (κ2) is 6.54. The van der Waals surface area contributed by atoms with Crippen LogP contribution in [0.2, 0.25) is 0 Å². The topological polar surface area (TPSA) is 70.1 Å². The lowest BCUT2D eigenvalue weighted by atomic mass is 10.1. The molecule has 0 aromatic heterocycles. The lowest BCUT2D eigenvalue weighted by molar-refractivity contribution is -0.141. The molecule has 0 saturated carbocycles. The van der Waals surface area contributed by atoms with Crippen molar-refractivity contribution in [3.05, 3.63) is 29.6 Å². The average Bonchev–Trinajstić information content (AvgIpc) is 3.04. The van der Waals surface area contributed by atoms with Crippen LogP contribution in [0.25, 0.3) is 0 Å². The van der Waals surface area contributed by atoms with Gasteiger partial charge in [-0.25, -0.2) is 9.18 Å². The molecule has 0 unspecified atom stereocenters. The number of hydrogen-bond donors (Lipinski definition) is 1. The third kappa shape index (κ3) is 3.14. The molecule has 1 amide bonds. The van der Waals surface area contributed by atoms with Crippen LogP contribution in [0.5, 0.6) is 0 Å². The molecule has 0 bridgehead atoms. The first kappa shape index (κ1) is 15.7. The van der Waals surface area contributed by atoms with Crippen LogP contribution in [0.15, 0.2) is 18.2 Å². The molecule has 2 fully saturated rings. The van der Waals surface area contributed by atoms with Crippen molar-refractivity contribution in [2.24, 2.45) is 0 Å². The Kier molecular flexibility index (Phi) is 4.47. The minimum atomic E-state index is -1.01. The van der Waals surface area contributed by atoms with Gasteiger partial charge in [0.1, 0.15) is 11.9 Å². The van der Waals surface area contributed by atoms with E-state index in [1.807, 2.05) is 4.90 Å². The van der Waals surface area contributed by atoms with Crippen molar-refractivity contribution in [2.45, 2.75) is 18.9 Å². The second-order valence-corrected chi connectivity index (χ2v) is 5.76. The molecular formula is C16H19FN2O4. The number of halogens is 1. The van der Waals surface area contributed by atoms with Gasteiger partial charge in [0.15, 0.2) is 0 Å². The molecule has 0 aliphatic carbocycles. The molecule has 2 aliphatic rings. The molecule has 2 aliphatic heterocycles. The largest absolute Gasteiger partial charge is 0.480 e. The molecule has 0 radical (unpaired) electrons. The molecule has 23 heavy (non-hydrogen) atoms. The molecule has 7 heteroatoms. The zero-order chi connectivity index (χ0) is 16.4. The SMILES string of the molecule is O=C(O)[C@H]1CCCN1C(=O)c1ccc(N2CCOCC2)c(F)c1. The molecule has 1 atom stereocenters. The lowest BCUT2D eigenvalue weighted by Gasteiger charge is -2.29. The molecule has 1 N–H and O–H groups in total. The first-order valence-electron chi connectivity index (χ1n) is 7.74. The van der Waals surface area contributed by atoms with E-state index in [9.17, 15) is 14.0 Å². The number of amides is 1. The van der Waals surface area contributed by atoms with Crippen LogP contribution >= 0.6 is 0 Å². The number of rotatable bonds is 3. The molecule has 124 valence electrons. The summed E-state index contributed by atoms with van der Waals surface area (Å²) in [5, 5.41) is 9.16. The Morgan fingerprint density at radius 2 is 1.96 bits per heavy atom. The summed E-state index contributed by atoms with van der Waals surface area (Å²) in [6.07, 6.45) is 1.09. The van der Waals surface area contributed by atoms with Crippen LogP contribution in [-0.4, -0.2) is 60.8 Å². The van der Waals surface area contributed by atoms with E-state index in [-0.39, 0.29) is 5.56 Å². The Bertz CT molecular complexity index is 616. The van der Waals surface area contributed by atoms with Crippen LogP contribution in [0.3, 0.4) is 0 Å². The van der Waals surface area contributed by atoms with Crippen LogP contribution in [-0.2, 0) is 9.53 Å². The highest BCUT2D eigenvalue weighted by atomic mass is 19.1. The Labute approximate surface area is 133 Å².